The summed E-state index contributed by atoms with van der Waals surface area (Å²) in [6, 6.07) is 5.67. The van der Waals surface area contributed by atoms with Gasteiger partial charge >= 0.3 is 5.97 Å². The molecule has 19 heavy (non-hydrogen) atoms. The second kappa shape index (κ2) is 5.88. The number of hydrogen-bond donors (Lipinski definition) is 0. The Balaban J connectivity index is 2.34. The molecule has 100 valence electrons. The molecular formula is C14H13BrClNO2. The summed E-state index contributed by atoms with van der Waals surface area (Å²) in [6.45, 7) is 3.63. The molecule has 0 unspecified atom stereocenters. The summed E-state index contributed by atoms with van der Waals surface area (Å²) in [4.78, 5) is 16.0. The van der Waals surface area contributed by atoms with Crippen LogP contribution in [-0.4, -0.2) is 17.1 Å². The van der Waals surface area contributed by atoms with Gasteiger partial charge < -0.3 is 4.74 Å². The van der Waals surface area contributed by atoms with Gasteiger partial charge in [0, 0.05) is 21.6 Å². The molecule has 3 nitrogen and oxygen atoms in total. The topological polar surface area (TPSA) is 39.2 Å². The van der Waals surface area contributed by atoms with Crippen LogP contribution in [0.5, 0.6) is 0 Å². The van der Waals surface area contributed by atoms with Crippen LogP contribution in [-0.2, 0) is 16.0 Å². The Hall–Kier alpha value is -1.13. The number of ether oxygens (including phenoxy) is 1. The van der Waals surface area contributed by atoms with Crippen LogP contribution in [0.4, 0.5) is 0 Å². The summed E-state index contributed by atoms with van der Waals surface area (Å²) in [5.74, 6) is -0.298. The fourth-order valence-corrected chi connectivity index (χ4v) is 2.39. The standard InChI is InChI=1S/C14H13BrClNO2/c1-8(2)19-13(18)5-9-7-17-12-4-3-10(15)6-11(12)14(9)16/h3-4,6-8H,5H2,1-2H3. The summed E-state index contributed by atoms with van der Waals surface area (Å²) in [6.07, 6.45) is 1.63. The number of benzene rings is 1. The van der Waals surface area contributed by atoms with E-state index in [1.54, 1.807) is 6.20 Å². The van der Waals surface area contributed by atoms with Crippen molar-refractivity contribution in [1.82, 2.24) is 4.98 Å². The highest BCUT2D eigenvalue weighted by Gasteiger charge is 2.13. The number of hydrogen-bond acceptors (Lipinski definition) is 3. The number of carbonyl (C=O) groups excluding carboxylic acids is 1. The minimum atomic E-state index is -0.298. The normalized spacial score (nSPS) is 11.0. The van der Waals surface area contributed by atoms with Crippen molar-refractivity contribution >= 4 is 44.4 Å². The molecule has 2 rings (SSSR count). The van der Waals surface area contributed by atoms with Gasteiger partial charge in [-0.05, 0) is 32.0 Å². The van der Waals surface area contributed by atoms with Gasteiger partial charge in [0.25, 0.3) is 0 Å². The van der Waals surface area contributed by atoms with Crippen molar-refractivity contribution in [2.75, 3.05) is 0 Å². The number of rotatable bonds is 3. The second-order valence-electron chi connectivity index (χ2n) is 4.47. The van der Waals surface area contributed by atoms with Crippen LogP contribution >= 0.6 is 27.5 Å². The Kier molecular flexibility index (Phi) is 4.42. The van der Waals surface area contributed by atoms with E-state index in [9.17, 15) is 4.79 Å². The van der Waals surface area contributed by atoms with E-state index in [1.165, 1.54) is 0 Å². The van der Waals surface area contributed by atoms with Gasteiger partial charge in [0.15, 0.2) is 0 Å². The summed E-state index contributed by atoms with van der Waals surface area (Å²) in [7, 11) is 0. The molecule has 1 aromatic heterocycles. The molecule has 2 aromatic rings. The lowest BCUT2D eigenvalue weighted by Gasteiger charge is -2.10. The first kappa shape index (κ1) is 14.3. The Morgan fingerprint density at radius 1 is 1.47 bits per heavy atom. The minimum absolute atomic E-state index is 0.131. The van der Waals surface area contributed by atoms with Crippen LogP contribution in [0, 0.1) is 0 Å². The predicted octanol–water partition coefficient (Wildman–Crippen LogP) is 4.14. The first-order valence-corrected chi connectivity index (χ1v) is 7.06. The molecule has 0 amide bonds. The van der Waals surface area contributed by atoms with Crippen LogP contribution in [0.15, 0.2) is 28.9 Å². The summed E-state index contributed by atoms with van der Waals surface area (Å²) in [5.41, 5.74) is 1.48. The lowest BCUT2D eigenvalue weighted by molar-refractivity contribution is -0.146. The lowest BCUT2D eigenvalue weighted by Crippen LogP contribution is -2.14. The van der Waals surface area contributed by atoms with E-state index >= 15 is 0 Å². The average Bonchev–Trinajstić information content (AvgIpc) is 2.32. The van der Waals surface area contributed by atoms with E-state index in [1.807, 2.05) is 32.0 Å². The Morgan fingerprint density at radius 3 is 2.89 bits per heavy atom. The van der Waals surface area contributed by atoms with Crippen LogP contribution in [0.2, 0.25) is 5.02 Å². The zero-order valence-electron chi connectivity index (χ0n) is 10.6. The van der Waals surface area contributed by atoms with Crippen molar-refractivity contribution in [2.24, 2.45) is 0 Å². The minimum Gasteiger partial charge on any atom is -0.463 e. The SMILES string of the molecule is CC(C)OC(=O)Cc1cnc2ccc(Br)cc2c1Cl. The zero-order chi connectivity index (χ0) is 14.0. The van der Waals surface area contributed by atoms with Gasteiger partial charge in [-0.3, -0.25) is 9.78 Å². The number of pyridine rings is 1. The largest absolute Gasteiger partial charge is 0.463 e. The third-order valence-electron chi connectivity index (χ3n) is 2.54. The van der Waals surface area contributed by atoms with Gasteiger partial charge in [-0.1, -0.05) is 27.5 Å². The van der Waals surface area contributed by atoms with E-state index in [2.05, 4.69) is 20.9 Å². The molecule has 0 radical (unpaired) electrons. The van der Waals surface area contributed by atoms with Crippen molar-refractivity contribution in [1.29, 1.82) is 0 Å². The first-order chi connectivity index (χ1) is 8.97. The molecule has 0 fully saturated rings. The molecule has 0 saturated heterocycles. The fraction of sp³-hybridized carbons (Fsp3) is 0.286. The van der Waals surface area contributed by atoms with Gasteiger partial charge in [0.1, 0.15) is 0 Å². The van der Waals surface area contributed by atoms with Gasteiger partial charge in [0.2, 0.25) is 0 Å². The Bertz CT molecular complexity index is 628. The molecule has 0 atom stereocenters. The molecule has 0 spiro atoms. The molecule has 0 N–H and O–H groups in total. The first-order valence-electron chi connectivity index (χ1n) is 5.89. The number of carbonyl (C=O) groups is 1. The maximum Gasteiger partial charge on any atom is 0.310 e. The number of aromatic nitrogens is 1. The highest BCUT2D eigenvalue weighted by molar-refractivity contribution is 9.10. The van der Waals surface area contributed by atoms with Gasteiger partial charge in [-0.2, -0.15) is 0 Å². The molecule has 0 bridgehead atoms. The summed E-state index contributed by atoms with van der Waals surface area (Å²) in [5, 5.41) is 1.37. The van der Waals surface area contributed by atoms with E-state index in [4.69, 9.17) is 16.3 Å². The predicted molar refractivity (Wildman–Crippen MR) is 79.4 cm³/mol. The highest BCUT2D eigenvalue weighted by atomic mass is 79.9. The zero-order valence-corrected chi connectivity index (χ0v) is 13.0. The molecule has 5 heteroatoms. The van der Waals surface area contributed by atoms with Crippen LogP contribution < -0.4 is 0 Å². The number of esters is 1. The van der Waals surface area contributed by atoms with Crippen molar-refractivity contribution in [3.8, 4) is 0 Å². The lowest BCUT2D eigenvalue weighted by atomic mass is 10.1. The van der Waals surface area contributed by atoms with E-state index < -0.39 is 0 Å². The van der Waals surface area contributed by atoms with Crippen LogP contribution in [0.25, 0.3) is 10.9 Å². The molecule has 0 aliphatic carbocycles. The van der Waals surface area contributed by atoms with E-state index in [0.717, 1.165) is 15.4 Å². The molecule has 0 saturated carbocycles. The molecule has 1 aromatic carbocycles. The van der Waals surface area contributed by atoms with Crippen molar-refractivity contribution in [2.45, 2.75) is 26.4 Å². The molecule has 1 heterocycles. The average molecular weight is 343 g/mol. The summed E-state index contributed by atoms with van der Waals surface area (Å²) < 4.78 is 6.03. The molecular weight excluding hydrogens is 330 g/mol. The fourth-order valence-electron chi connectivity index (χ4n) is 1.76. The Morgan fingerprint density at radius 2 is 2.21 bits per heavy atom. The van der Waals surface area contributed by atoms with E-state index in [0.29, 0.717) is 10.6 Å². The second-order valence-corrected chi connectivity index (χ2v) is 5.77. The van der Waals surface area contributed by atoms with Crippen molar-refractivity contribution < 1.29 is 9.53 Å². The van der Waals surface area contributed by atoms with E-state index in [-0.39, 0.29) is 18.5 Å². The smallest absolute Gasteiger partial charge is 0.310 e. The maximum absolute atomic E-state index is 11.7. The van der Waals surface area contributed by atoms with Crippen molar-refractivity contribution in [3.63, 3.8) is 0 Å². The quantitative estimate of drug-likeness (QED) is 0.787. The Labute approximate surface area is 125 Å². The third-order valence-corrected chi connectivity index (χ3v) is 3.48. The third kappa shape index (κ3) is 3.45. The molecule has 0 aliphatic rings. The highest BCUT2D eigenvalue weighted by Crippen LogP contribution is 2.28. The maximum atomic E-state index is 11.7. The molecule has 0 aliphatic heterocycles. The van der Waals surface area contributed by atoms with Gasteiger partial charge in [-0.25, -0.2) is 0 Å². The monoisotopic (exact) mass is 341 g/mol. The van der Waals surface area contributed by atoms with Crippen LogP contribution in [0.1, 0.15) is 19.4 Å². The van der Waals surface area contributed by atoms with Crippen molar-refractivity contribution in [3.05, 3.63) is 39.5 Å². The van der Waals surface area contributed by atoms with Gasteiger partial charge in [-0.15, -0.1) is 0 Å². The summed E-state index contributed by atoms with van der Waals surface area (Å²) >= 11 is 9.72. The van der Waals surface area contributed by atoms with Gasteiger partial charge in [0.05, 0.1) is 23.1 Å². The number of halogens is 2. The van der Waals surface area contributed by atoms with Crippen LogP contribution in [0.3, 0.4) is 0 Å². The number of fused-ring (bicyclic) bond motifs is 1. The number of nitrogens with zero attached hydrogens (tertiary/aromatic N) is 1.